The summed E-state index contributed by atoms with van der Waals surface area (Å²) in [5.74, 6) is 1.07. The summed E-state index contributed by atoms with van der Waals surface area (Å²) >= 11 is 1.40. The average Bonchev–Trinajstić information content (AvgIpc) is 2.08. The van der Waals surface area contributed by atoms with Crippen molar-refractivity contribution < 1.29 is 48.2 Å². The molecule has 1 atom stereocenters. The number of hydrogen-bond acceptors (Lipinski definition) is 1. The summed E-state index contributed by atoms with van der Waals surface area (Å²) in [6.45, 7) is 4.60. The average molecular weight is 321 g/mol. The van der Waals surface area contributed by atoms with Crippen molar-refractivity contribution in [2.45, 2.75) is 41.6 Å². The predicted octanol–water partition coefficient (Wildman–Crippen LogP) is 3.36. The van der Waals surface area contributed by atoms with E-state index in [0.717, 1.165) is 5.92 Å². The molecular formula is C8H18NdO2P. The van der Waals surface area contributed by atoms with E-state index >= 15 is 0 Å². The summed E-state index contributed by atoms with van der Waals surface area (Å²) in [6.07, 6.45) is 5.71. The van der Waals surface area contributed by atoms with Gasteiger partial charge in [-0.25, -0.2) is 4.57 Å². The van der Waals surface area contributed by atoms with Crippen LogP contribution in [0.15, 0.2) is 0 Å². The SMILES string of the molecule is CCCCC(CC)[CH2][Nd].O=PO. The molecule has 0 amide bonds. The van der Waals surface area contributed by atoms with E-state index in [1.165, 1.54) is 66.5 Å². The van der Waals surface area contributed by atoms with Gasteiger partial charge in [0.15, 0.2) is 0 Å². The summed E-state index contributed by atoms with van der Waals surface area (Å²) in [6, 6.07) is 0. The maximum absolute atomic E-state index is 8.46. The first kappa shape index (κ1) is 15.9. The molecule has 0 aromatic heterocycles. The summed E-state index contributed by atoms with van der Waals surface area (Å²) in [7, 11) is -0.833. The molecule has 0 heterocycles. The molecule has 0 bridgehead atoms. The fourth-order valence-corrected chi connectivity index (χ4v) is 2.52. The summed E-state index contributed by atoms with van der Waals surface area (Å²) in [4.78, 5) is 6.99. The van der Waals surface area contributed by atoms with E-state index in [-0.39, 0.29) is 0 Å². The van der Waals surface area contributed by atoms with Crippen LogP contribution in [0.5, 0.6) is 0 Å². The Morgan fingerprint density at radius 1 is 1.50 bits per heavy atom. The zero-order valence-corrected chi connectivity index (χ0v) is 12.0. The predicted molar refractivity (Wildman–Crippen MR) is 47.9 cm³/mol. The van der Waals surface area contributed by atoms with Crippen molar-refractivity contribution in [1.29, 1.82) is 0 Å². The van der Waals surface area contributed by atoms with E-state index in [2.05, 4.69) is 13.8 Å². The summed E-state index contributed by atoms with van der Waals surface area (Å²) < 4.78 is 9.97. The topological polar surface area (TPSA) is 37.3 Å². The Labute approximate surface area is 103 Å². The first-order chi connectivity index (χ1) is 5.76. The van der Waals surface area contributed by atoms with Crippen molar-refractivity contribution in [3.05, 3.63) is 0 Å². The quantitative estimate of drug-likeness (QED) is 0.789. The Morgan fingerprint density at radius 3 is 2.25 bits per heavy atom. The third kappa shape index (κ3) is 14.0. The molecule has 0 aromatic rings. The van der Waals surface area contributed by atoms with Crippen molar-refractivity contribution in [3.8, 4) is 0 Å². The normalized spacial score (nSPS) is 11.8. The molecule has 2 nitrogen and oxygen atoms in total. The second-order valence-electron chi connectivity index (χ2n) is 2.70. The molecule has 0 aliphatic rings. The Hall–Kier alpha value is 1.41. The smallest absolute Gasteiger partial charge is 0.310 e. The fraction of sp³-hybridized carbons (Fsp3) is 1.00. The molecule has 12 heavy (non-hydrogen) atoms. The van der Waals surface area contributed by atoms with Crippen molar-refractivity contribution in [2.24, 2.45) is 5.92 Å². The monoisotopic (exact) mass is 319 g/mol. The van der Waals surface area contributed by atoms with Gasteiger partial charge < -0.3 is 4.89 Å². The number of rotatable bonds is 5. The second kappa shape index (κ2) is 14.9. The van der Waals surface area contributed by atoms with Crippen LogP contribution in [0.4, 0.5) is 0 Å². The Balaban J connectivity index is 0. The molecule has 0 radical (unpaired) electrons. The van der Waals surface area contributed by atoms with Crippen LogP contribution in [0.2, 0.25) is 2.07 Å². The largest absolute Gasteiger partial charge is 0.324 e. The summed E-state index contributed by atoms with van der Waals surface area (Å²) in [5.41, 5.74) is 0. The van der Waals surface area contributed by atoms with Crippen molar-refractivity contribution in [3.63, 3.8) is 0 Å². The van der Waals surface area contributed by atoms with Crippen LogP contribution in [0.25, 0.3) is 0 Å². The van der Waals surface area contributed by atoms with Crippen LogP contribution in [-0.4, -0.2) is 4.89 Å². The maximum atomic E-state index is 8.46. The Kier molecular flexibility index (Phi) is 19.7. The molecule has 0 spiro atoms. The molecule has 0 aromatic carbocycles. The minimum atomic E-state index is -0.833. The van der Waals surface area contributed by atoms with Gasteiger partial charge in [0.25, 0.3) is 0 Å². The zero-order chi connectivity index (χ0) is 9.82. The second-order valence-corrected chi connectivity index (χ2v) is 4.18. The third-order valence-corrected chi connectivity index (χ3v) is 3.68. The van der Waals surface area contributed by atoms with Crippen molar-refractivity contribution in [1.82, 2.24) is 0 Å². The van der Waals surface area contributed by atoms with E-state index < -0.39 is 8.69 Å². The van der Waals surface area contributed by atoms with Gasteiger partial charge in [0.05, 0.1) is 0 Å². The molecule has 0 fully saturated rings. The molecule has 71 valence electrons. The standard InChI is InChI=1S/C8H17.Nd.HO2P/c1-4-6-7-8(3)5-2;;1-3-2/h8H,3-7H2,1-2H3;;(H,1,2). The van der Waals surface area contributed by atoms with Gasteiger partial charge in [-0.3, -0.25) is 0 Å². The molecule has 0 saturated carbocycles. The van der Waals surface area contributed by atoms with E-state index in [1.54, 1.807) is 0 Å². The van der Waals surface area contributed by atoms with E-state index in [9.17, 15) is 0 Å². The van der Waals surface area contributed by atoms with Crippen molar-refractivity contribution in [2.75, 3.05) is 0 Å². The number of hydrogen-bond donors (Lipinski definition) is 1. The molecular weight excluding hydrogens is 303 g/mol. The van der Waals surface area contributed by atoms with E-state index in [4.69, 9.17) is 9.46 Å². The van der Waals surface area contributed by atoms with Crippen LogP contribution in [0.3, 0.4) is 0 Å². The molecule has 4 heteroatoms. The van der Waals surface area contributed by atoms with Gasteiger partial charge in [0.2, 0.25) is 0 Å². The van der Waals surface area contributed by atoms with Crippen LogP contribution in [0.1, 0.15) is 39.5 Å². The first-order valence-corrected chi connectivity index (χ1v) is 7.41. The van der Waals surface area contributed by atoms with E-state index in [0.29, 0.717) is 0 Å². The zero-order valence-electron chi connectivity index (χ0n) is 7.92. The Bertz CT molecular complexity index is 87.1. The fourth-order valence-electron chi connectivity index (χ4n) is 0.943. The van der Waals surface area contributed by atoms with Gasteiger partial charge in [0, 0.05) is 0 Å². The molecule has 0 rings (SSSR count). The maximum Gasteiger partial charge on any atom is 0.324 e. The van der Waals surface area contributed by atoms with Crippen molar-refractivity contribution >= 4 is 8.69 Å². The van der Waals surface area contributed by atoms with Crippen LogP contribution < -0.4 is 0 Å². The third-order valence-electron chi connectivity index (χ3n) is 1.83. The molecule has 1 unspecified atom stereocenters. The minimum absolute atomic E-state index is 0.833. The van der Waals surface area contributed by atoms with Gasteiger partial charge >= 0.3 is 95.0 Å². The molecule has 1 N–H and O–H groups in total. The number of unbranched alkanes of at least 4 members (excludes halogenated alkanes) is 1. The first-order valence-electron chi connectivity index (χ1n) is 4.38. The van der Waals surface area contributed by atoms with Gasteiger partial charge in [0.1, 0.15) is 0 Å². The summed E-state index contributed by atoms with van der Waals surface area (Å²) in [5, 5.41) is 0. The minimum Gasteiger partial charge on any atom is -0.310 e. The van der Waals surface area contributed by atoms with E-state index in [1.807, 2.05) is 0 Å². The molecule has 0 aliphatic heterocycles. The molecule has 0 aliphatic carbocycles. The van der Waals surface area contributed by atoms with Crippen LogP contribution in [-0.2, 0) is 4.57 Å². The Morgan fingerprint density at radius 2 is 2.00 bits per heavy atom. The van der Waals surface area contributed by atoms with Gasteiger partial charge in [-0.05, 0) is 0 Å². The van der Waals surface area contributed by atoms with Gasteiger partial charge in [-0.2, -0.15) is 0 Å². The molecule has 0 saturated heterocycles. The van der Waals surface area contributed by atoms with Gasteiger partial charge in [-0.1, -0.05) is 0 Å². The van der Waals surface area contributed by atoms with Crippen LogP contribution >= 0.6 is 8.69 Å². The van der Waals surface area contributed by atoms with Gasteiger partial charge in [-0.15, -0.1) is 0 Å². The van der Waals surface area contributed by atoms with Crippen LogP contribution in [0, 0.1) is 44.7 Å².